The minimum absolute atomic E-state index is 1.00. The van der Waals surface area contributed by atoms with E-state index in [0.29, 0.717) is 0 Å². The zero-order valence-electron chi connectivity index (χ0n) is 6.27. The molecule has 1 aromatic heterocycles. The highest BCUT2D eigenvalue weighted by atomic mass is 127. The summed E-state index contributed by atoms with van der Waals surface area (Å²) in [5.41, 5.74) is 3.07. The van der Waals surface area contributed by atoms with Gasteiger partial charge in [-0.1, -0.05) is 0 Å². The van der Waals surface area contributed by atoms with Crippen molar-refractivity contribution in [2.24, 2.45) is 0 Å². The number of hydrogen-bond acceptors (Lipinski definition) is 2. The molecule has 3 heteroatoms. The van der Waals surface area contributed by atoms with Gasteiger partial charge in [0, 0.05) is 0 Å². The zero-order valence-corrected chi connectivity index (χ0v) is 8.43. The Balaban J connectivity index is 3.28. The number of aromatic nitrogens is 2. The summed E-state index contributed by atoms with van der Waals surface area (Å²) in [6, 6.07) is 0. The van der Waals surface area contributed by atoms with Gasteiger partial charge in [0.25, 0.3) is 0 Å². The summed E-state index contributed by atoms with van der Waals surface area (Å²) < 4.78 is 1.00. The molecule has 0 amide bonds. The second-order valence-corrected chi connectivity index (χ2v) is 3.29. The van der Waals surface area contributed by atoms with E-state index in [1.165, 1.54) is 0 Å². The number of hydrogen-bond donors (Lipinski definition) is 0. The van der Waals surface area contributed by atoms with Crippen molar-refractivity contribution in [2.75, 3.05) is 0 Å². The molecule has 0 saturated carbocycles. The molecule has 0 aliphatic rings. The van der Waals surface area contributed by atoms with E-state index in [1.807, 2.05) is 20.8 Å². The van der Waals surface area contributed by atoms with Gasteiger partial charge >= 0.3 is 0 Å². The lowest BCUT2D eigenvalue weighted by atomic mass is 10.3. The minimum atomic E-state index is 1.00. The van der Waals surface area contributed by atoms with Crippen LogP contribution in [-0.2, 0) is 0 Å². The Hall–Kier alpha value is -0.190. The fraction of sp³-hybridized carbons (Fsp3) is 0.429. The third-order valence-electron chi connectivity index (χ3n) is 1.42. The van der Waals surface area contributed by atoms with Crippen molar-refractivity contribution in [3.63, 3.8) is 0 Å². The molecule has 10 heavy (non-hydrogen) atoms. The summed E-state index contributed by atoms with van der Waals surface area (Å²) in [7, 11) is 0. The van der Waals surface area contributed by atoms with E-state index in [4.69, 9.17) is 0 Å². The number of aryl methyl sites for hydroxylation is 3. The van der Waals surface area contributed by atoms with Crippen molar-refractivity contribution < 1.29 is 0 Å². The van der Waals surface area contributed by atoms with E-state index < -0.39 is 0 Å². The number of halogens is 1. The molecule has 0 fully saturated rings. The molecule has 0 aliphatic carbocycles. The van der Waals surface area contributed by atoms with Gasteiger partial charge < -0.3 is 0 Å². The summed E-state index contributed by atoms with van der Waals surface area (Å²) in [6.07, 6.45) is 0. The van der Waals surface area contributed by atoms with Gasteiger partial charge in [0.2, 0.25) is 0 Å². The lowest BCUT2D eigenvalue weighted by Crippen LogP contribution is -1.97. The minimum Gasteiger partial charge on any atom is -0.254 e. The van der Waals surface area contributed by atoms with Gasteiger partial charge in [-0.25, -0.2) is 4.98 Å². The molecule has 0 radical (unpaired) electrons. The summed E-state index contributed by atoms with van der Waals surface area (Å²) in [6.45, 7) is 5.93. The molecule has 0 N–H and O–H groups in total. The summed E-state index contributed by atoms with van der Waals surface area (Å²) in [5.74, 6) is 0. The Morgan fingerprint density at radius 3 is 1.90 bits per heavy atom. The van der Waals surface area contributed by atoms with Crippen LogP contribution in [0.25, 0.3) is 0 Å². The number of rotatable bonds is 0. The lowest BCUT2D eigenvalue weighted by molar-refractivity contribution is 0.977. The Kier molecular flexibility index (Phi) is 2.23. The van der Waals surface area contributed by atoms with Crippen LogP contribution in [0, 0.1) is 24.5 Å². The van der Waals surface area contributed by atoms with E-state index in [-0.39, 0.29) is 0 Å². The highest BCUT2D eigenvalue weighted by molar-refractivity contribution is 14.1. The molecule has 1 rings (SSSR count). The topological polar surface area (TPSA) is 25.8 Å². The smallest absolute Gasteiger partial charge is 0.122 e. The summed E-state index contributed by atoms with van der Waals surface area (Å²) in [5, 5.41) is 0. The van der Waals surface area contributed by atoms with Crippen molar-refractivity contribution in [3.05, 3.63) is 20.8 Å². The van der Waals surface area contributed by atoms with E-state index in [9.17, 15) is 0 Å². The second kappa shape index (κ2) is 2.82. The average molecular weight is 248 g/mol. The molecule has 0 spiro atoms. The maximum absolute atomic E-state index is 4.30. The van der Waals surface area contributed by atoms with E-state index in [0.717, 1.165) is 20.8 Å². The predicted octanol–water partition coefficient (Wildman–Crippen LogP) is 2.01. The molecule has 2 nitrogen and oxygen atoms in total. The molecular formula is C7H9IN2. The fourth-order valence-corrected chi connectivity index (χ4v) is 1.17. The van der Waals surface area contributed by atoms with Crippen molar-refractivity contribution in [1.29, 1.82) is 0 Å². The number of nitrogens with zero attached hydrogens (tertiary/aromatic N) is 2. The Bertz CT molecular complexity index is 208. The Labute approximate surface area is 74.2 Å². The monoisotopic (exact) mass is 248 g/mol. The molecule has 1 aromatic rings. The maximum atomic E-state index is 4.30. The molecule has 54 valence electrons. The maximum Gasteiger partial charge on any atom is 0.122 e. The van der Waals surface area contributed by atoms with Crippen molar-refractivity contribution in [2.45, 2.75) is 20.8 Å². The van der Waals surface area contributed by atoms with Gasteiger partial charge in [0.05, 0.1) is 17.1 Å². The van der Waals surface area contributed by atoms with Crippen molar-refractivity contribution in [3.8, 4) is 0 Å². The third-order valence-corrected chi connectivity index (χ3v) is 2.45. The first-order valence-electron chi connectivity index (χ1n) is 3.08. The molecule has 0 unspecified atom stereocenters. The van der Waals surface area contributed by atoms with Crippen molar-refractivity contribution >= 4 is 22.6 Å². The van der Waals surface area contributed by atoms with Crippen LogP contribution in [0.4, 0.5) is 0 Å². The lowest BCUT2D eigenvalue weighted by Gasteiger charge is -2.00. The quantitative estimate of drug-likeness (QED) is 0.656. The molecule has 0 atom stereocenters. The van der Waals surface area contributed by atoms with Gasteiger partial charge in [-0.15, -0.1) is 0 Å². The van der Waals surface area contributed by atoms with Crippen molar-refractivity contribution in [1.82, 2.24) is 9.97 Å². The van der Waals surface area contributed by atoms with Gasteiger partial charge in [-0.2, -0.15) is 0 Å². The second-order valence-electron chi connectivity index (χ2n) is 2.27. The SMILES string of the molecule is Cc1nc(C)c(I)nc1C. The fourth-order valence-electron chi connectivity index (χ4n) is 0.688. The predicted molar refractivity (Wildman–Crippen MR) is 49.0 cm³/mol. The van der Waals surface area contributed by atoms with Gasteiger partial charge in [0.1, 0.15) is 3.70 Å². The molecule has 1 heterocycles. The summed E-state index contributed by atoms with van der Waals surface area (Å²) in [4.78, 5) is 8.60. The molecule has 0 aliphatic heterocycles. The van der Waals surface area contributed by atoms with Crippen LogP contribution in [0.3, 0.4) is 0 Å². The van der Waals surface area contributed by atoms with Crippen LogP contribution < -0.4 is 0 Å². The largest absolute Gasteiger partial charge is 0.254 e. The zero-order chi connectivity index (χ0) is 7.72. The van der Waals surface area contributed by atoms with Crippen LogP contribution in [0.5, 0.6) is 0 Å². The van der Waals surface area contributed by atoms with Crippen LogP contribution in [0.1, 0.15) is 17.1 Å². The van der Waals surface area contributed by atoms with Crippen LogP contribution in [-0.4, -0.2) is 9.97 Å². The highest BCUT2D eigenvalue weighted by Gasteiger charge is 1.99. The average Bonchev–Trinajstić information content (AvgIpc) is 1.84. The van der Waals surface area contributed by atoms with Gasteiger partial charge in [0.15, 0.2) is 0 Å². The molecule has 0 saturated heterocycles. The molecular weight excluding hydrogens is 239 g/mol. The Morgan fingerprint density at radius 2 is 1.40 bits per heavy atom. The van der Waals surface area contributed by atoms with Gasteiger partial charge in [-0.3, -0.25) is 4.98 Å². The first-order valence-corrected chi connectivity index (χ1v) is 4.16. The Morgan fingerprint density at radius 1 is 0.900 bits per heavy atom. The molecule has 0 aromatic carbocycles. The van der Waals surface area contributed by atoms with E-state index in [1.54, 1.807) is 0 Å². The van der Waals surface area contributed by atoms with E-state index in [2.05, 4.69) is 32.6 Å². The molecule has 0 bridgehead atoms. The van der Waals surface area contributed by atoms with Crippen LogP contribution >= 0.6 is 22.6 Å². The third kappa shape index (κ3) is 1.45. The summed E-state index contributed by atoms with van der Waals surface area (Å²) >= 11 is 2.19. The van der Waals surface area contributed by atoms with E-state index >= 15 is 0 Å². The normalized spacial score (nSPS) is 10.0. The van der Waals surface area contributed by atoms with Crippen LogP contribution in [0.15, 0.2) is 0 Å². The first-order chi connectivity index (χ1) is 4.61. The standard InChI is InChI=1S/C7H9IN2/c1-4-5(2)10-7(8)6(3)9-4/h1-3H3. The van der Waals surface area contributed by atoms with Gasteiger partial charge in [-0.05, 0) is 43.4 Å². The first kappa shape index (κ1) is 7.91. The highest BCUT2D eigenvalue weighted by Crippen LogP contribution is 2.08. The van der Waals surface area contributed by atoms with Crippen LogP contribution in [0.2, 0.25) is 0 Å².